The highest BCUT2D eigenvalue weighted by atomic mass is 35.5. The van der Waals surface area contributed by atoms with E-state index in [-0.39, 0.29) is 35.1 Å². The molecule has 1 aliphatic rings. The first kappa shape index (κ1) is 20.6. The molecule has 2 aromatic rings. The van der Waals surface area contributed by atoms with Gasteiger partial charge in [0.25, 0.3) is 5.91 Å². The highest BCUT2D eigenvalue weighted by Gasteiger charge is 2.27. The van der Waals surface area contributed by atoms with E-state index >= 15 is 0 Å². The van der Waals surface area contributed by atoms with Crippen LogP contribution in [0.2, 0.25) is 5.02 Å². The molecule has 9 heteroatoms. The number of sulfonamides is 1. The lowest BCUT2D eigenvalue weighted by Crippen LogP contribution is -2.40. The minimum absolute atomic E-state index is 0.0289. The van der Waals surface area contributed by atoms with Crippen LogP contribution in [-0.4, -0.2) is 52.0 Å². The number of benzene rings is 2. The van der Waals surface area contributed by atoms with E-state index in [0.717, 1.165) is 5.56 Å². The Bertz CT molecular complexity index is 959. The van der Waals surface area contributed by atoms with Crippen LogP contribution in [-0.2, 0) is 21.3 Å². The van der Waals surface area contributed by atoms with Crippen molar-refractivity contribution in [2.45, 2.75) is 11.4 Å². The van der Waals surface area contributed by atoms with Crippen molar-refractivity contribution >= 4 is 27.5 Å². The maximum Gasteiger partial charge on any atom is 0.253 e. The molecule has 2 aromatic carbocycles. The van der Waals surface area contributed by atoms with Crippen molar-refractivity contribution in [3.05, 3.63) is 58.6 Å². The van der Waals surface area contributed by atoms with Crippen molar-refractivity contribution in [2.75, 3.05) is 33.4 Å². The van der Waals surface area contributed by atoms with E-state index in [2.05, 4.69) is 5.32 Å². The Hall–Kier alpha value is -2.13. The minimum Gasteiger partial charge on any atom is -0.496 e. The van der Waals surface area contributed by atoms with Gasteiger partial charge in [0.1, 0.15) is 5.75 Å². The SMILES string of the molecule is COc1ccccc1CNC(=O)c1cc(S(=O)(=O)N2CCOCC2)ccc1Cl. The lowest BCUT2D eigenvalue weighted by atomic mass is 10.1. The Morgan fingerprint density at radius 3 is 2.64 bits per heavy atom. The number of rotatable bonds is 6. The first-order valence-electron chi connectivity index (χ1n) is 8.71. The van der Waals surface area contributed by atoms with Crippen LogP contribution in [0.25, 0.3) is 0 Å². The number of amides is 1. The van der Waals surface area contributed by atoms with Crippen LogP contribution < -0.4 is 10.1 Å². The fourth-order valence-electron chi connectivity index (χ4n) is 2.89. The summed E-state index contributed by atoms with van der Waals surface area (Å²) in [4.78, 5) is 12.7. The maximum atomic E-state index is 12.8. The van der Waals surface area contributed by atoms with E-state index in [1.54, 1.807) is 13.2 Å². The summed E-state index contributed by atoms with van der Waals surface area (Å²) in [5.74, 6) is 0.187. The molecule has 150 valence electrons. The van der Waals surface area contributed by atoms with Crippen molar-refractivity contribution in [3.8, 4) is 5.75 Å². The number of carbonyl (C=O) groups excluding carboxylic acids is 1. The summed E-state index contributed by atoms with van der Waals surface area (Å²) < 4.78 is 37.4. The third-order valence-corrected chi connectivity index (χ3v) is 6.65. The molecule has 0 spiro atoms. The zero-order chi connectivity index (χ0) is 20.1. The van der Waals surface area contributed by atoms with Crippen molar-refractivity contribution in [3.63, 3.8) is 0 Å². The normalized spacial score (nSPS) is 15.2. The molecule has 1 N–H and O–H groups in total. The molecule has 1 aliphatic heterocycles. The summed E-state index contributed by atoms with van der Waals surface area (Å²) in [5.41, 5.74) is 0.900. The summed E-state index contributed by atoms with van der Waals surface area (Å²) in [5, 5.41) is 2.94. The number of para-hydroxylation sites is 1. The van der Waals surface area contributed by atoms with Crippen LogP contribution in [0.15, 0.2) is 47.4 Å². The van der Waals surface area contributed by atoms with Crippen LogP contribution in [0.5, 0.6) is 5.75 Å². The molecule has 28 heavy (non-hydrogen) atoms. The monoisotopic (exact) mass is 424 g/mol. The molecule has 1 fully saturated rings. The molecular weight excluding hydrogens is 404 g/mol. The van der Waals surface area contributed by atoms with E-state index < -0.39 is 15.9 Å². The lowest BCUT2D eigenvalue weighted by Gasteiger charge is -2.26. The van der Waals surface area contributed by atoms with E-state index in [1.165, 1.54) is 22.5 Å². The number of hydrogen-bond acceptors (Lipinski definition) is 5. The Morgan fingerprint density at radius 2 is 1.93 bits per heavy atom. The van der Waals surface area contributed by atoms with Crippen LogP contribution in [0.3, 0.4) is 0 Å². The zero-order valence-corrected chi connectivity index (χ0v) is 16.9. The fraction of sp³-hybridized carbons (Fsp3) is 0.316. The molecule has 0 unspecified atom stereocenters. The van der Waals surface area contributed by atoms with E-state index in [9.17, 15) is 13.2 Å². The van der Waals surface area contributed by atoms with Gasteiger partial charge in [0.05, 0.1) is 35.8 Å². The molecule has 1 saturated heterocycles. The van der Waals surface area contributed by atoms with Crippen molar-refractivity contribution < 1.29 is 22.7 Å². The van der Waals surface area contributed by atoms with Gasteiger partial charge in [-0.2, -0.15) is 4.31 Å². The lowest BCUT2D eigenvalue weighted by molar-refractivity contribution is 0.0730. The second-order valence-electron chi connectivity index (χ2n) is 6.15. The fourth-order valence-corrected chi connectivity index (χ4v) is 4.53. The van der Waals surface area contributed by atoms with Gasteiger partial charge in [-0.1, -0.05) is 29.8 Å². The number of ether oxygens (including phenoxy) is 2. The average Bonchev–Trinajstić information content (AvgIpc) is 2.73. The summed E-state index contributed by atoms with van der Waals surface area (Å²) >= 11 is 6.15. The first-order chi connectivity index (χ1) is 13.4. The second-order valence-corrected chi connectivity index (χ2v) is 8.50. The number of methoxy groups -OCH3 is 1. The van der Waals surface area contributed by atoms with Gasteiger partial charge >= 0.3 is 0 Å². The summed E-state index contributed by atoms with van der Waals surface area (Å²) in [6.45, 7) is 1.47. The highest BCUT2D eigenvalue weighted by molar-refractivity contribution is 7.89. The standard InChI is InChI=1S/C19H21ClN2O5S/c1-26-18-5-3-2-4-14(18)13-21-19(23)16-12-15(6-7-17(16)20)28(24,25)22-8-10-27-11-9-22/h2-7,12H,8-11,13H2,1H3,(H,21,23). The average molecular weight is 425 g/mol. The predicted octanol–water partition coefficient (Wildman–Crippen LogP) is 2.30. The Labute approximate surface area is 169 Å². The number of nitrogens with zero attached hydrogens (tertiary/aromatic N) is 1. The van der Waals surface area contributed by atoms with Crippen LogP contribution in [0.1, 0.15) is 15.9 Å². The Balaban J connectivity index is 1.80. The summed E-state index contributed by atoms with van der Waals surface area (Å²) in [7, 11) is -2.16. The van der Waals surface area contributed by atoms with Crippen molar-refractivity contribution in [1.82, 2.24) is 9.62 Å². The quantitative estimate of drug-likeness (QED) is 0.769. The predicted molar refractivity (Wildman–Crippen MR) is 105 cm³/mol. The minimum atomic E-state index is -3.72. The van der Waals surface area contributed by atoms with Gasteiger partial charge in [0.15, 0.2) is 0 Å². The smallest absolute Gasteiger partial charge is 0.253 e. The van der Waals surface area contributed by atoms with Crippen LogP contribution in [0.4, 0.5) is 0 Å². The number of hydrogen-bond donors (Lipinski definition) is 1. The topological polar surface area (TPSA) is 84.9 Å². The Morgan fingerprint density at radius 1 is 1.21 bits per heavy atom. The maximum absolute atomic E-state index is 12.8. The van der Waals surface area contributed by atoms with Gasteiger partial charge in [-0.05, 0) is 24.3 Å². The first-order valence-corrected chi connectivity index (χ1v) is 10.5. The van der Waals surface area contributed by atoms with Gasteiger partial charge in [0.2, 0.25) is 10.0 Å². The van der Waals surface area contributed by atoms with Gasteiger partial charge in [-0.25, -0.2) is 8.42 Å². The molecule has 0 aromatic heterocycles. The summed E-state index contributed by atoms with van der Waals surface area (Å²) in [6, 6.07) is 11.4. The molecule has 1 heterocycles. The van der Waals surface area contributed by atoms with Crippen LogP contribution in [0, 0.1) is 0 Å². The molecule has 0 saturated carbocycles. The summed E-state index contributed by atoms with van der Waals surface area (Å²) in [6.07, 6.45) is 0. The molecule has 0 aliphatic carbocycles. The second kappa shape index (κ2) is 8.91. The van der Waals surface area contributed by atoms with Crippen LogP contribution >= 0.6 is 11.6 Å². The molecule has 3 rings (SSSR count). The third kappa shape index (κ3) is 4.47. The molecule has 7 nitrogen and oxygen atoms in total. The third-order valence-electron chi connectivity index (χ3n) is 4.42. The number of halogens is 1. The molecular formula is C19H21ClN2O5S. The van der Waals surface area contributed by atoms with Gasteiger partial charge in [-0.15, -0.1) is 0 Å². The molecule has 0 atom stereocenters. The number of morpholine rings is 1. The molecule has 0 radical (unpaired) electrons. The van der Waals surface area contributed by atoms with Gasteiger partial charge in [-0.3, -0.25) is 4.79 Å². The molecule has 0 bridgehead atoms. The number of carbonyl (C=O) groups is 1. The number of nitrogens with one attached hydrogen (secondary N) is 1. The van der Waals surface area contributed by atoms with E-state index in [1.807, 2.05) is 18.2 Å². The highest BCUT2D eigenvalue weighted by Crippen LogP contribution is 2.24. The van der Waals surface area contributed by atoms with Crippen molar-refractivity contribution in [2.24, 2.45) is 0 Å². The van der Waals surface area contributed by atoms with E-state index in [0.29, 0.717) is 19.0 Å². The largest absolute Gasteiger partial charge is 0.496 e. The van der Waals surface area contributed by atoms with E-state index in [4.69, 9.17) is 21.1 Å². The van der Waals surface area contributed by atoms with Gasteiger partial charge in [0, 0.05) is 25.2 Å². The molecule has 1 amide bonds. The zero-order valence-electron chi connectivity index (χ0n) is 15.4. The Kier molecular flexibility index (Phi) is 6.56. The van der Waals surface area contributed by atoms with Crippen molar-refractivity contribution in [1.29, 1.82) is 0 Å². The van der Waals surface area contributed by atoms with Gasteiger partial charge < -0.3 is 14.8 Å².